The minimum absolute atomic E-state index is 0.178. The Labute approximate surface area is 90.6 Å². The quantitative estimate of drug-likeness (QED) is 0.705. The molecule has 80 valence electrons. The molecular formula is C13H16O2. The second-order valence-electron chi connectivity index (χ2n) is 3.27. The van der Waals surface area contributed by atoms with Gasteiger partial charge in [0.1, 0.15) is 0 Å². The van der Waals surface area contributed by atoms with Gasteiger partial charge in [-0.15, -0.1) is 0 Å². The van der Waals surface area contributed by atoms with Crippen LogP contribution in [0.4, 0.5) is 0 Å². The van der Waals surface area contributed by atoms with Crippen molar-refractivity contribution in [2.45, 2.75) is 20.3 Å². The van der Waals surface area contributed by atoms with Gasteiger partial charge in [-0.05, 0) is 25.0 Å². The Bertz CT molecular complexity index is 353. The van der Waals surface area contributed by atoms with Crippen molar-refractivity contribution < 1.29 is 9.53 Å². The van der Waals surface area contributed by atoms with Crippen molar-refractivity contribution in [1.82, 2.24) is 0 Å². The summed E-state index contributed by atoms with van der Waals surface area (Å²) in [5.41, 5.74) is 2.35. The summed E-state index contributed by atoms with van der Waals surface area (Å²) in [6.45, 7) is 4.30. The minimum atomic E-state index is -0.178. The summed E-state index contributed by atoms with van der Waals surface area (Å²) in [5.74, 6) is -0.178. The third-order valence-corrected chi connectivity index (χ3v) is 2.08. The lowest BCUT2D eigenvalue weighted by molar-refractivity contribution is -0.142. The van der Waals surface area contributed by atoms with Gasteiger partial charge in [0.2, 0.25) is 0 Å². The maximum absolute atomic E-state index is 11.0. The second-order valence-corrected chi connectivity index (χ2v) is 3.27. The standard InChI is InChI=1S/C13H16O2/c1-3-15-13(14)10-6-9-12-8-5-4-7-11(12)2/h4-9H,3,10H2,1-2H3. The molecule has 1 aromatic carbocycles. The van der Waals surface area contributed by atoms with E-state index >= 15 is 0 Å². The summed E-state index contributed by atoms with van der Waals surface area (Å²) in [6, 6.07) is 8.05. The number of ether oxygens (including phenoxy) is 1. The Hall–Kier alpha value is -1.57. The average molecular weight is 204 g/mol. The molecular weight excluding hydrogens is 188 g/mol. The van der Waals surface area contributed by atoms with Crippen LogP contribution < -0.4 is 0 Å². The molecule has 1 aromatic rings. The van der Waals surface area contributed by atoms with Gasteiger partial charge in [0.05, 0.1) is 13.0 Å². The molecule has 0 aromatic heterocycles. The summed E-state index contributed by atoms with van der Waals surface area (Å²) in [7, 11) is 0. The SMILES string of the molecule is CCOC(=O)CC=Cc1ccccc1C. The molecule has 0 spiro atoms. The summed E-state index contributed by atoms with van der Waals surface area (Å²) in [4.78, 5) is 11.0. The maximum Gasteiger partial charge on any atom is 0.309 e. The number of hydrogen-bond acceptors (Lipinski definition) is 2. The highest BCUT2D eigenvalue weighted by molar-refractivity contribution is 5.72. The van der Waals surface area contributed by atoms with E-state index in [1.54, 1.807) is 0 Å². The van der Waals surface area contributed by atoms with E-state index < -0.39 is 0 Å². The molecule has 0 amide bonds. The van der Waals surface area contributed by atoms with Crippen LogP contribution >= 0.6 is 0 Å². The Morgan fingerprint density at radius 1 is 1.40 bits per heavy atom. The molecule has 0 aliphatic heterocycles. The third-order valence-electron chi connectivity index (χ3n) is 2.08. The lowest BCUT2D eigenvalue weighted by Gasteiger charge is -1.99. The fourth-order valence-corrected chi connectivity index (χ4v) is 1.28. The van der Waals surface area contributed by atoms with E-state index in [0.29, 0.717) is 13.0 Å². The highest BCUT2D eigenvalue weighted by atomic mass is 16.5. The van der Waals surface area contributed by atoms with Crippen molar-refractivity contribution in [3.8, 4) is 0 Å². The molecule has 0 heterocycles. The Balaban J connectivity index is 2.52. The zero-order valence-corrected chi connectivity index (χ0v) is 9.19. The summed E-state index contributed by atoms with van der Waals surface area (Å²) in [5, 5.41) is 0. The lowest BCUT2D eigenvalue weighted by Crippen LogP contribution is -2.01. The summed E-state index contributed by atoms with van der Waals surface area (Å²) >= 11 is 0. The zero-order valence-electron chi connectivity index (χ0n) is 9.19. The second kappa shape index (κ2) is 6.02. The van der Waals surface area contributed by atoms with E-state index in [0.717, 1.165) is 5.56 Å². The molecule has 15 heavy (non-hydrogen) atoms. The highest BCUT2D eigenvalue weighted by Gasteiger charge is 1.96. The van der Waals surface area contributed by atoms with E-state index in [1.165, 1.54) is 5.56 Å². The van der Waals surface area contributed by atoms with Gasteiger partial charge in [0.15, 0.2) is 0 Å². The van der Waals surface area contributed by atoms with E-state index in [9.17, 15) is 4.79 Å². The Morgan fingerprint density at radius 2 is 2.13 bits per heavy atom. The van der Waals surface area contributed by atoms with Gasteiger partial charge in [-0.3, -0.25) is 4.79 Å². The molecule has 0 atom stereocenters. The van der Waals surface area contributed by atoms with Gasteiger partial charge >= 0.3 is 5.97 Å². The van der Waals surface area contributed by atoms with Crippen LogP contribution in [0, 0.1) is 6.92 Å². The van der Waals surface area contributed by atoms with Crippen LogP contribution in [0.2, 0.25) is 0 Å². The molecule has 2 heteroatoms. The molecule has 0 bridgehead atoms. The molecule has 0 aliphatic carbocycles. The predicted octanol–water partition coefficient (Wildman–Crippen LogP) is 2.96. The van der Waals surface area contributed by atoms with Gasteiger partial charge in [-0.1, -0.05) is 36.4 Å². The molecule has 0 saturated carbocycles. The maximum atomic E-state index is 11.0. The topological polar surface area (TPSA) is 26.3 Å². The van der Waals surface area contributed by atoms with Crippen molar-refractivity contribution >= 4 is 12.0 Å². The van der Waals surface area contributed by atoms with Crippen LogP contribution in [-0.2, 0) is 9.53 Å². The molecule has 0 saturated heterocycles. The zero-order chi connectivity index (χ0) is 11.1. The first-order valence-corrected chi connectivity index (χ1v) is 5.12. The number of carbonyl (C=O) groups excluding carboxylic acids is 1. The molecule has 0 unspecified atom stereocenters. The summed E-state index contributed by atoms with van der Waals surface area (Å²) in [6.07, 6.45) is 4.12. The molecule has 0 N–H and O–H groups in total. The van der Waals surface area contributed by atoms with Crippen molar-refractivity contribution in [3.05, 3.63) is 41.5 Å². The molecule has 0 fully saturated rings. The van der Waals surface area contributed by atoms with E-state index in [-0.39, 0.29) is 5.97 Å². The largest absolute Gasteiger partial charge is 0.466 e. The minimum Gasteiger partial charge on any atom is -0.466 e. The number of aryl methyl sites for hydroxylation is 1. The van der Waals surface area contributed by atoms with Crippen LogP contribution in [0.1, 0.15) is 24.5 Å². The van der Waals surface area contributed by atoms with Crippen LogP contribution in [0.15, 0.2) is 30.3 Å². The molecule has 1 rings (SSSR count). The van der Waals surface area contributed by atoms with Crippen molar-refractivity contribution in [3.63, 3.8) is 0 Å². The number of hydrogen-bond donors (Lipinski definition) is 0. The van der Waals surface area contributed by atoms with Crippen LogP contribution in [0.5, 0.6) is 0 Å². The van der Waals surface area contributed by atoms with E-state index in [4.69, 9.17) is 4.74 Å². The third kappa shape index (κ3) is 3.98. The molecule has 0 aliphatic rings. The number of benzene rings is 1. The lowest BCUT2D eigenvalue weighted by atomic mass is 10.1. The number of rotatable bonds is 4. The summed E-state index contributed by atoms with van der Waals surface area (Å²) < 4.78 is 4.82. The normalized spacial score (nSPS) is 10.5. The van der Waals surface area contributed by atoms with Crippen LogP contribution in [0.25, 0.3) is 6.08 Å². The van der Waals surface area contributed by atoms with Crippen LogP contribution in [0.3, 0.4) is 0 Å². The first kappa shape index (κ1) is 11.5. The van der Waals surface area contributed by atoms with Gasteiger partial charge in [0, 0.05) is 0 Å². The van der Waals surface area contributed by atoms with E-state index in [1.807, 2.05) is 50.3 Å². The van der Waals surface area contributed by atoms with Gasteiger partial charge in [-0.25, -0.2) is 0 Å². The predicted molar refractivity (Wildman–Crippen MR) is 61.5 cm³/mol. The fraction of sp³-hybridized carbons (Fsp3) is 0.308. The Kier molecular flexibility index (Phi) is 4.61. The van der Waals surface area contributed by atoms with E-state index in [2.05, 4.69) is 0 Å². The van der Waals surface area contributed by atoms with Gasteiger partial charge in [-0.2, -0.15) is 0 Å². The molecule has 2 nitrogen and oxygen atoms in total. The van der Waals surface area contributed by atoms with Gasteiger partial charge < -0.3 is 4.74 Å². The highest BCUT2D eigenvalue weighted by Crippen LogP contribution is 2.09. The average Bonchev–Trinajstić information content (AvgIpc) is 2.21. The monoisotopic (exact) mass is 204 g/mol. The number of esters is 1. The smallest absolute Gasteiger partial charge is 0.309 e. The van der Waals surface area contributed by atoms with Gasteiger partial charge in [0.25, 0.3) is 0 Å². The van der Waals surface area contributed by atoms with Crippen molar-refractivity contribution in [2.75, 3.05) is 6.61 Å². The van der Waals surface area contributed by atoms with Crippen molar-refractivity contribution in [2.24, 2.45) is 0 Å². The van der Waals surface area contributed by atoms with Crippen molar-refractivity contribution in [1.29, 1.82) is 0 Å². The fourth-order valence-electron chi connectivity index (χ4n) is 1.28. The first-order chi connectivity index (χ1) is 7.24. The first-order valence-electron chi connectivity index (χ1n) is 5.12. The Morgan fingerprint density at radius 3 is 2.80 bits per heavy atom. The molecule has 0 radical (unpaired) electrons. The van der Waals surface area contributed by atoms with Crippen LogP contribution in [-0.4, -0.2) is 12.6 Å². The number of carbonyl (C=O) groups is 1.